The Balaban J connectivity index is 1.28. The third-order valence-corrected chi connectivity index (χ3v) is 5.16. The molecule has 164 valence electrons. The molecule has 9 nitrogen and oxygen atoms in total. The summed E-state index contributed by atoms with van der Waals surface area (Å²) < 4.78 is 24.5. The summed E-state index contributed by atoms with van der Waals surface area (Å²) in [6.07, 6.45) is -0.131. The molecule has 0 radical (unpaired) electrons. The number of fused-ring (bicyclic) bond motifs is 1. The number of amides is 3. The molecule has 0 fully saturated rings. The molecule has 2 aromatic carbocycles. The van der Waals surface area contributed by atoms with Crippen molar-refractivity contribution >= 4 is 34.2 Å². The summed E-state index contributed by atoms with van der Waals surface area (Å²) in [6, 6.07) is 10.3. The van der Waals surface area contributed by atoms with Crippen molar-refractivity contribution in [1.29, 1.82) is 0 Å². The summed E-state index contributed by atoms with van der Waals surface area (Å²) in [5.41, 5.74) is 5.20. The summed E-state index contributed by atoms with van der Waals surface area (Å²) >= 11 is 1.10. The van der Waals surface area contributed by atoms with Crippen molar-refractivity contribution < 1.29 is 28.2 Å². The molecule has 32 heavy (non-hydrogen) atoms. The highest BCUT2D eigenvalue weighted by Gasteiger charge is 2.17. The van der Waals surface area contributed by atoms with E-state index in [9.17, 15) is 18.8 Å². The first-order valence-corrected chi connectivity index (χ1v) is 10.4. The second kappa shape index (κ2) is 9.43. The number of carbonyl (C=O) groups excluding carboxylic acids is 3. The average Bonchev–Trinajstić information content (AvgIpc) is 3.23. The van der Waals surface area contributed by atoms with E-state index >= 15 is 0 Å². The molecule has 0 bridgehead atoms. The van der Waals surface area contributed by atoms with Gasteiger partial charge in [0.2, 0.25) is 5.91 Å². The van der Waals surface area contributed by atoms with Gasteiger partial charge in [-0.1, -0.05) is 12.1 Å². The lowest BCUT2D eigenvalue weighted by molar-refractivity contribution is -0.121. The SMILES string of the molecule is O=C(Cc1csc(NC(=O)c2ccccc2F)n1)NNC(=O)c1ccc2c(c1)OCCO2. The van der Waals surface area contributed by atoms with Crippen molar-refractivity contribution in [2.24, 2.45) is 0 Å². The third kappa shape index (κ3) is 5.01. The van der Waals surface area contributed by atoms with Crippen LogP contribution in [0, 0.1) is 5.82 Å². The number of nitrogens with one attached hydrogen (secondary N) is 3. The van der Waals surface area contributed by atoms with Crippen LogP contribution in [0.4, 0.5) is 9.52 Å². The lowest BCUT2D eigenvalue weighted by Crippen LogP contribution is -2.42. The van der Waals surface area contributed by atoms with Crippen molar-refractivity contribution in [3.05, 3.63) is 70.5 Å². The van der Waals surface area contributed by atoms with Crippen molar-refractivity contribution in [3.8, 4) is 11.5 Å². The van der Waals surface area contributed by atoms with Gasteiger partial charge in [0.15, 0.2) is 16.6 Å². The van der Waals surface area contributed by atoms with Crippen molar-refractivity contribution in [1.82, 2.24) is 15.8 Å². The molecule has 3 amide bonds. The van der Waals surface area contributed by atoms with Crippen LogP contribution in [0.1, 0.15) is 26.4 Å². The van der Waals surface area contributed by atoms with Gasteiger partial charge in [-0.3, -0.25) is 30.6 Å². The molecule has 0 spiro atoms. The Kier molecular flexibility index (Phi) is 6.26. The number of benzene rings is 2. The van der Waals surface area contributed by atoms with Crippen LogP contribution in [-0.4, -0.2) is 35.9 Å². The van der Waals surface area contributed by atoms with Crippen molar-refractivity contribution in [2.75, 3.05) is 18.5 Å². The van der Waals surface area contributed by atoms with Gasteiger partial charge >= 0.3 is 0 Å². The number of carbonyl (C=O) groups is 3. The first-order chi connectivity index (χ1) is 15.5. The average molecular weight is 456 g/mol. The van der Waals surface area contributed by atoms with Gasteiger partial charge in [0, 0.05) is 10.9 Å². The van der Waals surface area contributed by atoms with Gasteiger partial charge in [0.25, 0.3) is 11.8 Å². The fraction of sp³-hybridized carbons (Fsp3) is 0.143. The van der Waals surface area contributed by atoms with Crippen LogP contribution >= 0.6 is 11.3 Å². The summed E-state index contributed by atoms with van der Waals surface area (Å²) in [4.78, 5) is 40.7. The Morgan fingerprint density at radius 1 is 1.00 bits per heavy atom. The molecule has 2 heterocycles. The molecular weight excluding hydrogens is 439 g/mol. The third-order valence-electron chi connectivity index (χ3n) is 4.35. The second-order valence-corrected chi connectivity index (χ2v) is 7.47. The topological polar surface area (TPSA) is 119 Å². The van der Waals surface area contributed by atoms with Crippen LogP contribution in [0.2, 0.25) is 0 Å². The van der Waals surface area contributed by atoms with E-state index in [1.807, 2.05) is 0 Å². The number of hydrogen-bond acceptors (Lipinski definition) is 7. The number of hydrogen-bond donors (Lipinski definition) is 3. The van der Waals surface area contributed by atoms with Gasteiger partial charge in [-0.05, 0) is 30.3 Å². The Labute approximate surface area is 185 Å². The number of rotatable bonds is 5. The molecule has 3 N–H and O–H groups in total. The van der Waals surface area contributed by atoms with E-state index in [4.69, 9.17) is 9.47 Å². The van der Waals surface area contributed by atoms with Gasteiger partial charge in [-0.2, -0.15) is 0 Å². The van der Waals surface area contributed by atoms with Gasteiger partial charge in [0.05, 0.1) is 17.7 Å². The van der Waals surface area contributed by atoms with Crippen molar-refractivity contribution in [2.45, 2.75) is 6.42 Å². The Morgan fingerprint density at radius 2 is 1.78 bits per heavy atom. The van der Waals surface area contributed by atoms with E-state index in [1.165, 1.54) is 24.3 Å². The minimum atomic E-state index is -0.644. The number of hydrazine groups is 1. The van der Waals surface area contributed by atoms with Gasteiger partial charge in [-0.25, -0.2) is 9.37 Å². The van der Waals surface area contributed by atoms with Gasteiger partial charge in [0.1, 0.15) is 19.0 Å². The highest BCUT2D eigenvalue weighted by Crippen LogP contribution is 2.30. The highest BCUT2D eigenvalue weighted by molar-refractivity contribution is 7.14. The van der Waals surface area contributed by atoms with Crippen LogP contribution in [-0.2, 0) is 11.2 Å². The summed E-state index contributed by atoms with van der Waals surface area (Å²) in [5, 5.41) is 4.30. The predicted octanol–water partition coefficient (Wildman–Crippen LogP) is 2.31. The highest BCUT2D eigenvalue weighted by atomic mass is 32.1. The first kappa shape index (κ1) is 21.2. The van der Waals surface area contributed by atoms with Crippen LogP contribution in [0.3, 0.4) is 0 Å². The lowest BCUT2D eigenvalue weighted by atomic mass is 10.2. The second-order valence-electron chi connectivity index (χ2n) is 6.62. The summed E-state index contributed by atoms with van der Waals surface area (Å²) in [5.74, 6) is -1.30. The van der Waals surface area contributed by atoms with E-state index in [1.54, 1.807) is 23.6 Å². The van der Waals surface area contributed by atoms with E-state index in [-0.39, 0.29) is 17.1 Å². The minimum Gasteiger partial charge on any atom is -0.486 e. The Morgan fingerprint density at radius 3 is 2.59 bits per heavy atom. The zero-order chi connectivity index (χ0) is 22.5. The number of thiazole rings is 1. The predicted molar refractivity (Wildman–Crippen MR) is 113 cm³/mol. The maximum atomic E-state index is 13.7. The standard InChI is InChI=1S/C21H17FN4O5S/c22-15-4-2-1-3-14(15)20(29)24-21-23-13(11-32-21)10-18(27)25-26-19(28)12-5-6-16-17(9-12)31-8-7-30-16/h1-6,9,11H,7-8,10H2,(H,25,27)(H,26,28)(H,23,24,29). The number of aromatic nitrogens is 1. The molecule has 1 aliphatic rings. The monoisotopic (exact) mass is 456 g/mol. The minimum absolute atomic E-state index is 0.108. The van der Waals surface area contributed by atoms with E-state index in [2.05, 4.69) is 21.2 Å². The quantitative estimate of drug-likeness (QED) is 0.507. The number of nitrogens with zero attached hydrogens (tertiary/aromatic N) is 1. The zero-order valence-electron chi connectivity index (χ0n) is 16.5. The number of anilines is 1. The van der Waals surface area contributed by atoms with Crippen LogP contribution in [0.5, 0.6) is 11.5 Å². The van der Waals surface area contributed by atoms with E-state index in [0.717, 1.165) is 11.3 Å². The van der Waals surface area contributed by atoms with E-state index in [0.29, 0.717) is 36.0 Å². The lowest BCUT2D eigenvalue weighted by Gasteiger charge is -2.18. The maximum absolute atomic E-state index is 13.7. The molecule has 1 aromatic heterocycles. The molecular formula is C21H17FN4O5S. The molecule has 0 saturated carbocycles. The summed E-state index contributed by atoms with van der Waals surface area (Å²) in [7, 11) is 0. The fourth-order valence-electron chi connectivity index (χ4n) is 2.85. The smallest absolute Gasteiger partial charge is 0.269 e. The molecule has 3 aromatic rings. The van der Waals surface area contributed by atoms with Crippen LogP contribution in [0.25, 0.3) is 0 Å². The molecule has 0 atom stereocenters. The molecule has 0 saturated heterocycles. The van der Waals surface area contributed by atoms with Crippen LogP contribution in [0.15, 0.2) is 47.8 Å². The van der Waals surface area contributed by atoms with Gasteiger partial charge < -0.3 is 9.47 Å². The molecule has 1 aliphatic heterocycles. The Bertz CT molecular complexity index is 1180. The fourth-order valence-corrected chi connectivity index (χ4v) is 3.55. The molecule has 0 unspecified atom stereocenters. The maximum Gasteiger partial charge on any atom is 0.269 e. The largest absolute Gasteiger partial charge is 0.486 e. The van der Waals surface area contributed by atoms with E-state index < -0.39 is 23.5 Å². The number of halogens is 1. The molecule has 0 aliphatic carbocycles. The van der Waals surface area contributed by atoms with Crippen molar-refractivity contribution in [3.63, 3.8) is 0 Å². The van der Waals surface area contributed by atoms with Crippen LogP contribution < -0.4 is 25.6 Å². The number of ether oxygens (including phenoxy) is 2. The molecule has 11 heteroatoms. The van der Waals surface area contributed by atoms with Gasteiger partial charge in [-0.15, -0.1) is 11.3 Å². The summed E-state index contributed by atoms with van der Waals surface area (Å²) in [6.45, 7) is 0.838. The molecule has 4 rings (SSSR count). The zero-order valence-corrected chi connectivity index (χ0v) is 17.3. The normalized spacial score (nSPS) is 12.0. The Hall–Kier alpha value is -3.99. The first-order valence-electron chi connectivity index (χ1n) is 9.49.